The van der Waals surface area contributed by atoms with Gasteiger partial charge in [0.1, 0.15) is 11.0 Å². The third-order valence-corrected chi connectivity index (χ3v) is 7.61. The number of amides is 2. The molecular weight excluding hydrogens is 446 g/mol. The van der Waals surface area contributed by atoms with Crippen LogP contribution in [0.4, 0.5) is 5.82 Å². The minimum Gasteiger partial charge on any atom is -0.353 e. The van der Waals surface area contributed by atoms with E-state index in [1.54, 1.807) is 6.07 Å². The van der Waals surface area contributed by atoms with Gasteiger partial charge in [-0.2, -0.15) is 0 Å². The van der Waals surface area contributed by atoms with Gasteiger partial charge in [0.25, 0.3) is 0 Å². The molecular formula is C23H36ClN5O2S. The number of piperazine rings is 1. The molecule has 0 spiro atoms. The molecule has 1 N–H and O–H groups in total. The molecule has 0 aromatic carbocycles. The molecule has 1 aliphatic carbocycles. The van der Waals surface area contributed by atoms with Gasteiger partial charge in [0.15, 0.2) is 5.16 Å². The summed E-state index contributed by atoms with van der Waals surface area (Å²) >= 11 is 7.56. The maximum absolute atomic E-state index is 13.0. The lowest BCUT2D eigenvalue weighted by molar-refractivity contribution is -0.139. The average molecular weight is 482 g/mol. The molecule has 1 saturated heterocycles. The highest BCUT2D eigenvalue weighted by Gasteiger charge is 2.33. The summed E-state index contributed by atoms with van der Waals surface area (Å²) in [5.74, 6) is 1.85. The van der Waals surface area contributed by atoms with E-state index in [9.17, 15) is 9.59 Å². The third-order valence-electron chi connectivity index (χ3n) is 6.57. The van der Waals surface area contributed by atoms with Crippen LogP contribution >= 0.6 is 23.4 Å². The van der Waals surface area contributed by atoms with Crippen molar-refractivity contribution < 1.29 is 9.59 Å². The molecule has 2 amide bonds. The molecule has 1 saturated carbocycles. The first-order valence-corrected chi connectivity index (χ1v) is 13.1. The van der Waals surface area contributed by atoms with E-state index < -0.39 is 0 Å². The standard InChI is InChI=1S/C23H36ClN5O2S/c1-15(2)17(4)25-21(30)14-32-23-26-19(24)12-20(27-23)28-10-11-29(16(3)13-28)22(31)18-8-6-5-7-9-18/h12,15-18H,5-11,13-14H2,1-4H3,(H,25,30). The molecule has 0 bridgehead atoms. The van der Waals surface area contributed by atoms with Gasteiger partial charge in [-0.15, -0.1) is 0 Å². The van der Waals surface area contributed by atoms with Crippen LogP contribution in [0.3, 0.4) is 0 Å². The van der Waals surface area contributed by atoms with Crippen molar-refractivity contribution in [3.63, 3.8) is 0 Å². The molecule has 0 radical (unpaired) electrons. The van der Waals surface area contributed by atoms with Gasteiger partial charge in [-0.25, -0.2) is 9.97 Å². The van der Waals surface area contributed by atoms with Crippen LogP contribution in [0.5, 0.6) is 0 Å². The average Bonchev–Trinajstić information content (AvgIpc) is 2.77. The Bertz CT molecular complexity index is 803. The highest BCUT2D eigenvalue weighted by atomic mass is 35.5. The van der Waals surface area contributed by atoms with Gasteiger partial charge in [-0.05, 0) is 32.6 Å². The predicted molar refractivity (Wildman–Crippen MR) is 130 cm³/mol. The van der Waals surface area contributed by atoms with Crippen molar-refractivity contribution in [2.45, 2.75) is 77.0 Å². The zero-order chi connectivity index (χ0) is 23.3. The van der Waals surface area contributed by atoms with Gasteiger partial charge in [0.2, 0.25) is 11.8 Å². The maximum Gasteiger partial charge on any atom is 0.230 e. The Labute approximate surface area is 201 Å². The summed E-state index contributed by atoms with van der Waals surface area (Å²) in [6, 6.07) is 2.00. The van der Waals surface area contributed by atoms with E-state index in [4.69, 9.17) is 11.6 Å². The Morgan fingerprint density at radius 1 is 1.19 bits per heavy atom. The Morgan fingerprint density at radius 2 is 1.91 bits per heavy atom. The first-order valence-electron chi connectivity index (χ1n) is 11.8. The molecule has 32 heavy (non-hydrogen) atoms. The Morgan fingerprint density at radius 3 is 2.56 bits per heavy atom. The van der Waals surface area contributed by atoms with Crippen LogP contribution < -0.4 is 10.2 Å². The minimum absolute atomic E-state index is 0.0372. The van der Waals surface area contributed by atoms with Crippen LogP contribution in [0.25, 0.3) is 0 Å². The number of carbonyl (C=O) groups excluding carboxylic acids is 2. The Kier molecular flexibility index (Phi) is 9.05. The summed E-state index contributed by atoms with van der Waals surface area (Å²) in [6.07, 6.45) is 5.63. The van der Waals surface area contributed by atoms with Gasteiger partial charge in [-0.1, -0.05) is 56.5 Å². The minimum atomic E-state index is -0.0372. The Balaban J connectivity index is 1.58. The predicted octanol–water partition coefficient (Wildman–Crippen LogP) is 4.00. The van der Waals surface area contributed by atoms with Crippen molar-refractivity contribution in [3.05, 3.63) is 11.2 Å². The molecule has 3 rings (SSSR count). The fourth-order valence-electron chi connectivity index (χ4n) is 4.28. The highest BCUT2D eigenvalue weighted by molar-refractivity contribution is 7.99. The zero-order valence-corrected chi connectivity index (χ0v) is 21.2. The van der Waals surface area contributed by atoms with Crippen molar-refractivity contribution in [2.75, 3.05) is 30.3 Å². The summed E-state index contributed by atoms with van der Waals surface area (Å²) < 4.78 is 0. The lowest BCUT2D eigenvalue weighted by Crippen LogP contribution is -2.55. The van der Waals surface area contributed by atoms with E-state index in [2.05, 4.69) is 41.0 Å². The van der Waals surface area contributed by atoms with Crippen molar-refractivity contribution in [1.29, 1.82) is 0 Å². The van der Waals surface area contributed by atoms with Crippen molar-refractivity contribution in [3.8, 4) is 0 Å². The van der Waals surface area contributed by atoms with E-state index in [1.807, 2.05) is 11.8 Å². The second-order valence-electron chi connectivity index (χ2n) is 9.38. The van der Waals surface area contributed by atoms with Crippen LogP contribution in [0.1, 0.15) is 59.8 Å². The number of rotatable bonds is 7. The zero-order valence-electron chi connectivity index (χ0n) is 19.6. The van der Waals surface area contributed by atoms with E-state index in [1.165, 1.54) is 31.0 Å². The lowest BCUT2D eigenvalue weighted by atomic mass is 9.88. The van der Waals surface area contributed by atoms with Crippen LogP contribution in [0.15, 0.2) is 11.2 Å². The summed E-state index contributed by atoms with van der Waals surface area (Å²) in [5, 5.41) is 3.85. The van der Waals surface area contributed by atoms with E-state index in [-0.39, 0.29) is 29.7 Å². The Hall–Kier alpha value is -1.54. The molecule has 2 fully saturated rings. The second kappa shape index (κ2) is 11.5. The van der Waals surface area contributed by atoms with E-state index in [0.717, 1.165) is 18.7 Å². The summed E-state index contributed by atoms with van der Waals surface area (Å²) in [4.78, 5) is 38.3. The van der Waals surface area contributed by atoms with Crippen molar-refractivity contribution in [2.24, 2.45) is 11.8 Å². The number of hydrogen-bond acceptors (Lipinski definition) is 6. The number of aromatic nitrogens is 2. The van der Waals surface area contributed by atoms with Crippen molar-refractivity contribution in [1.82, 2.24) is 20.2 Å². The third kappa shape index (κ3) is 6.73. The van der Waals surface area contributed by atoms with E-state index >= 15 is 0 Å². The summed E-state index contributed by atoms with van der Waals surface area (Å²) in [7, 11) is 0. The van der Waals surface area contributed by atoms with Crippen LogP contribution in [-0.4, -0.2) is 64.2 Å². The first kappa shape index (κ1) is 25.1. The molecule has 2 atom stereocenters. The molecule has 2 heterocycles. The summed E-state index contributed by atoms with van der Waals surface area (Å²) in [6.45, 7) is 10.4. The topological polar surface area (TPSA) is 78.4 Å². The molecule has 9 heteroatoms. The van der Waals surface area contributed by atoms with Crippen LogP contribution in [0.2, 0.25) is 5.15 Å². The quantitative estimate of drug-likeness (QED) is 0.360. The first-order chi connectivity index (χ1) is 15.2. The van der Waals surface area contributed by atoms with Crippen LogP contribution in [-0.2, 0) is 9.59 Å². The monoisotopic (exact) mass is 481 g/mol. The molecule has 7 nitrogen and oxygen atoms in total. The van der Waals surface area contributed by atoms with Gasteiger partial charge >= 0.3 is 0 Å². The molecule has 2 aliphatic rings. The van der Waals surface area contributed by atoms with Crippen molar-refractivity contribution >= 4 is 41.0 Å². The number of nitrogens with one attached hydrogen (secondary N) is 1. The fourth-order valence-corrected chi connectivity index (χ4v) is 5.17. The lowest BCUT2D eigenvalue weighted by Gasteiger charge is -2.42. The normalized spacial score (nSPS) is 21.0. The van der Waals surface area contributed by atoms with Gasteiger partial charge in [0.05, 0.1) is 5.75 Å². The van der Waals surface area contributed by atoms with Gasteiger partial charge in [-0.3, -0.25) is 9.59 Å². The molecule has 1 aromatic heterocycles. The fraction of sp³-hybridized carbons (Fsp3) is 0.739. The number of anilines is 1. The number of halogens is 1. The number of nitrogens with zero attached hydrogens (tertiary/aromatic N) is 4. The smallest absolute Gasteiger partial charge is 0.230 e. The SMILES string of the molecule is CC(C)C(C)NC(=O)CSc1nc(Cl)cc(N2CCN(C(=O)C3CCCCC3)C(C)C2)n1. The largest absolute Gasteiger partial charge is 0.353 e. The number of thioether (sulfide) groups is 1. The number of carbonyl (C=O) groups is 2. The molecule has 178 valence electrons. The van der Waals surface area contributed by atoms with Gasteiger partial charge < -0.3 is 15.1 Å². The van der Waals surface area contributed by atoms with Crippen LogP contribution in [0, 0.1) is 11.8 Å². The molecule has 1 aliphatic heterocycles. The molecule has 2 unspecified atom stereocenters. The number of hydrogen-bond donors (Lipinski definition) is 1. The van der Waals surface area contributed by atoms with E-state index in [0.29, 0.717) is 41.8 Å². The summed E-state index contributed by atoms with van der Waals surface area (Å²) in [5.41, 5.74) is 0. The maximum atomic E-state index is 13.0. The highest BCUT2D eigenvalue weighted by Crippen LogP contribution is 2.28. The van der Waals surface area contributed by atoms with Gasteiger partial charge in [0, 0.05) is 43.7 Å². The second-order valence-corrected chi connectivity index (χ2v) is 10.7. The molecule has 1 aromatic rings.